The van der Waals surface area contributed by atoms with E-state index in [2.05, 4.69) is 27.9 Å². The number of likely N-dealkylation sites (N-methyl/N-ethyl adjacent to an activating group) is 1. The lowest BCUT2D eigenvalue weighted by Gasteiger charge is -2.09. The van der Waals surface area contributed by atoms with E-state index in [-0.39, 0.29) is 0 Å². The van der Waals surface area contributed by atoms with E-state index >= 15 is 0 Å². The maximum absolute atomic E-state index is 5.55. The maximum Gasteiger partial charge on any atom is 0.0701 e. The van der Waals surface area contributed by atoms with Gasteiger partial charge in [0.2, 0.25) is 0 Å². The Labute approximate surface area is 232 Å². The summed E-state index contributed by atoms with van der Waals surface area (Å²) in [6.45, 7) is 11.4. The lowest BCUT2D eigenvalue weighted by molar-refractivity contribution is -0.0249. The van der Waals surface area contributed by atoms with E-state index < -0.39 is 0 Å². The third kappa shape index (κ3) is 34.3. The number of alkyl halides is 1. The Balaban J connectivity index is 3.00. The molecule has 0 aliphatic carbocycles. The molecule has 11 heteroatoms. The Hall–Kier alpha value is 0.330. The first-order valence-corrected chi connectivity index (χ1v) is 14.8. The molecule has 36 heavy (non-hydrogen) atoms. The number of hydrogen-bond donors (Lipinski definition) is 1. The smallest absolute Gasteiger partial charge is 0.0701 e. The lowest BCUT2D eigenvalue weighted by Crippen LogP contribution is -2.17. The lowest BCUT2D eigenvalue weighted by atomic mass is 10.2. The molecule has 0 unspecified atom stereocenters. The molecule has 0 saturated carbocycles. The van der Waals surface area contributed by atoms with E-state index in [1.807, 2.05) is 7.05 Å². The van der Waals surface area contributed by atoms with Crippen molar-refractivity contribution in [1.29, 1.82) is 0 Å². The third-order valence-corrected chi connectivity index (χ3v) is 5.41. The third-order valence-electron chi connectivity index (χ3n) is 4.64. The van der Waals surface area contributed by atoms with Gasteiger partial charge >= 0.3 is 0 Å². The van der Waals surface area contributed by atoms with Gasteiger partial charge in [-0.3, -0.25) is 0 Å². The van der Waals surface area contributed by atoms with Gasteiger partial charge in [-0.15, -0.1) is 0 Å². The SMILES string of the molecule is CNCCOCCOCCOCCOCCOCCOCCOCCOCCOCCCCCCI. The van der Waals surface area contributed by atoms with E-state index in [1.54, 1.807) is 0 Å². The van der Waals surface area contributed by atoms with E-state index in [0.29, 0.717) is 112 Å². The number of unbranched alkanes of at least 4 members (excludes halogenated alkanes) is 3. The summed E-state index contributed by atoms with van der Waals surface area (Å²) in [5.74, 6) is 0. The van der Waals surface area contributed by atoms with Crippen LogP contribution in [0.5, 0.6) is 0 Å². The molecule has 10 nitrogen and oxygen atoms in total. The Morgan fingerprint density at radius 1 is 0.361 bits per heavy atom. The fourth-order valence-electron chi connectivity index (χ4n) is 2.69. The number of rotatable bonds is 33. The van der Waals surface area contributed by atoms with Crippen LogP contribution in [0.25, 0.3) is 0 Å². The van der Waals surface area contributed by atoms with Crippen molar-refractivity contribution in [3.63, 3.8) is 0 Å². The van der Waals surface area contributed by atoms with E-state index in [9.17, 15) is 0 Å². The minimum Gasteiger partial charge on any atom is -0.379 e. The van der Waals surface area contributed by atoms with Crippen molar-refractivity contribution in [3.8, 4) is 0 Å². The van der Waals surface area contributed by atoms with Crippen LogP contribution in [0.3, 0.4) is 0 Å². The summed E-state index contributed by atoms with van der Waals surface area (Å²) in [4.78, 5) is 0. The Morgan fingerprint density at radius 2 is 0.639 bits per heavy atom. The van der Waals surface area contributed by atoms with Gasteiger partial charge in [0.1, 0.15) is 0 Å². The highest BCUT2D eigenvalue weighted by atomic mass is 127. The summed E-state index contributed by atoms with van der Waals surface area (Å²) in [6.07, 6.45) is 5.00. The van der Waals surface area contributed by atoms with E-state index in [4.69, 9.17) is 42.6 Å². The van der Waals surface area contributed by atoms with Gasteiger partial charge in [0, 0.05) is 13.2 Å². The fourth-order valence-corrected chi connectivity index (χ4v) is 3.23. The van der Waals surface area contributed by atoms with Crippen LogP contribution in [0.2, 0.25) is 0 Å². The molecular formula is C25H52INO9. The molecule has 218 valence electrons. The average Bonchev–Trinajstić information content (AvgIpc) is 2.89. The molecule has 0 aromatic carbocycles. The molecule has 0 aromatic rings. The minimum absolute atomic E-state index is 0.538. The highest BCUT2D eigenvalue weighted by molar-refractivity contribution is 14.1. The van der Waals surface area contributed by atoms with Crippen LogP contribution in [-0.4, -0.2) is 137 Å². The van der Waals surface area contributed by atoms with Gasteiger partial charge in [-0.25, -0.2) is 0 Å². The minimum atomic E-state index is 0.538. The first kappa shape index (κ1) is 36.3. The summed E-state index contributed by atoms with van der Waals surface area (Å²) in [7, 11) is 1.90. The maximum atomic E-state index is 5.55. The molecule has 0 rings (SSSR count). The van der Waals surface area contributed by atoms with Crippen molar-refractivity contribution in [3.05, 3.63) is 0 Å². The van der Waals surface area contributed by atoms with Crippen LogP contribution in [0.4, 0.5) is 0 Å². The highest BCUT2D eigenvalue weighted by Crippen LogP contribution is 2.02. The van der Waals surface area contributed by atoms with Crippen molar-refractivity contribution in [1.82, 2.24) is 5.32 Å². The molecule has 0 spiro atoms. The first-order valence-electron chi connectivity index (χ1n) is 13.3. The Morgan fingerprint density at radius 3 is 0.944 bits per heavy atom. The molecule has 0 radical (unpaired) electrons. The van der Waals surface area contributed by atoms with Gasteiger partial charge in [-0.1, -0.05) is 35.4 Å². The normalized spacial score (nSPS) is 11.5. The first-order chi connectivity index (χ1) is 17.9. The summed E-state index contributed by atoms with van der Waals surface area (Å²) in [5.41, 5.74) is 0. The van der Waals surface area contributed by atoms with E-state index in [0.717, 1.165) is 19.6 Å². The van der Waals surface area contributed by atoms with Crippen molar-refractivity contribution in [2.75, 3.05) is 137 Å². The number of halogens is 1. The van der Waals surface area contributed by atoms with Crippen LogP contribution in [0, 0.1) is 0 Å². The largest absolute Gasteiger partial charge is 0.379 e. The predicted molar refractivity (Wildman–Crippen MR) is 149 cm³/mol. The zero-order chi connectivity index (χ0) is 26.0. The molecule has 1 N–H and O–H groups in total. The summed E-state index contributed by atoms with van der Waals surface area (Å²) in [6, 6.07) is 0. The van der Waals surface area contributed by atoms with Gasteiger partial charge in [0.05, 0.1) is 112 Å². The predicted octanol–water partition coefficient (Wildman–Crippen LogP) is 2.35. The highest BCUT2D eigenvalue weighted by Gasteiger charge is 1.96. The summed E-state index contributed by atoms with van der Waals surface area (Å²) in [5, 5.41) is 3.02. The molecule has 0 atom stereocenters. The van der Waals surface area contributed by atoms with Gasteiger partial charge < -0.3 is 47.9 Å². The second-order valence-electron chi connectivity index (χ2n) is 7.72. The number of ether oxygens (including phenoxy) is 9. The van der Waals surface area contributed by atoms with Gasteiger partial charge in [-0.05, 0) is 24.3 Å². The van der Waals surface area contributed by atoms with Crippen LogP contribution in [0.1, 0.15) is 25.7 Å². The molecule has 0 aromatic heterocycles. The van der Waals surface area contributed by atoms with Gasteiger partial charge in [-0.2, -0.15) is 0 Å². The second kappa shape index (κ2) is 35.3. The van der Waals surface area contributed by atoms with Crippen molar-refractivity contribution >= 4 is 22.6 Å². The molecule has 0 saturated heterocycles. The van der Waals surface area contributed by atoms with Crippen LogP contribution in [-0.2, 0) is 42.6 Å². The van der Waals surface area contributed by atoms with E-state index in [1.165, 1.54) is 23.7 Å². The van der Waals surface area contributed by atoms with Crippen LogP contribution < -0.4 is 5.32 Å². The molecule has 0 fully saturated rings. The quantitative estimate of drug-likeness (QED) is 0.0657. The zero-order valence-corrected chi connectivity index (χ0v) is 24.7. The standard InChI is InChI=1S/C25H52INO9/c1-27-7-9-29-11-13-31-15-17-33-19-21-35-23-25-36-24-22-34-20-18-32-16-14-30-12-10-28-8-5-3-2-4-6-26/h27H,2-25H2,1H3. The van der Waals surface area contributed by atoms with Crippen LogP contribution in [0.15, 0.2) is 0 Å². The van der Waals surface area contributed by atoms with Crippen molar-refractivity contribution < 1.29 is 42.6 Å². The second-order valence-corrected chi connectivity index (χ2v) is 8.80. The van der Waals surface area contributed by atoms with Gasteiger partial charge in [0.25, 0.3) is 0 Å². The average molecular weight is 638 g/mol. The summed E-state index contributed by atoms with van der Waals surface area (Å²) >= 11 is 2.42. The van der Waals surface area contributed by atoms with Crippen molar-refractivity contribution in [2.45, 2.75) is 25.7 Å². The topological polar surface area (TPSA) is 95.1 Å². The fraction of sp³-hybridized carbons (Fsp3) is 1.00. The molecule has 0 aliphatic rings. The van der Waals surface area contributed by atoms with Crippen molar-refractivity contribution in [2.24, 2.45) is 0 Å². The molecular weight excluding hydrogens is 585 g/mol. The van der Waals surface area contributed by atoms with Gasteiger partial charge in [0.15, 0.2) is 0 Å². The Bertz CT molecular complexity index is 353. The molecule has 0 aliphatic heterocycles. The monoisotopic (exact) mass is 637 g/mol. The summed E-state index contributed by atoms with van der Waals surface area (Å²) < 4.78 is 50.3. The van der Waals surface area contributed by atoms with Crippen LogP contribution >= 0.6 is 22.6 Å². The number of hydrogen-bond acceptors (Lipinski definition) is 10. The number of nitrogens with one attached hydrogen (secondary N) is 1. The zero-order valence-electron chi connectivity index (χ0n) is 22.5. The molecule has 0 bridgehead atoms. The molecule has 0 amide bonds. The Kier molecular flexibility index (Phi) is 35.7. The molecule has 0 heterocycles.